The fourth-order valence-corrected chi connectivity index (χ4v) is 3.61. The summed E-state index contributed by atoms with van der Waals surface area (Å²) >= 11 is 0. The molecule has 8 nitrogen and oxygen atoms in total. The molecule has 0 atom stereocenters. The van der Waals surface area contributed by atoms with Crippen molar-refractivity contribution in [1.29, 1.82) is 0 Å². The van der Waals surface area contributed by atoms with Crippen LogP contribution in [-0.4, -0.2) is 36.6 Å². The van der Waals surface area contributed by atoms with Crippen LogP contribution in [0.25, 0.3) is 22.6 Å². The van der Waals surface area contributed by atoms with Gasteiger partial charge in [-0.2, -0.15) is 5.10 Å². The van der Waals surface area contributed by atoms with Crippen LogP contribution in [0.15, 0.2) is 85.6 Å². The van der Waals surface area contributed by atoms with Crippen LogP contribution < -0.4 is 10.1 Å². The number of nitrogens with one attached hydrogen (secondary N) is 1. The number of rotatable bonds is 7. The first kappa shape index (κ1) is 20.4. The van der Waals surface area contributed by atoms with Crippen molar-refractivity contribution in [2.45, 2.75) is 13.5 Å². The molecule has 3 heterocycles. The predicted molar refractivity (Wildman–Crippen MR) is 127 cm³/mol. The first-order valence-corrected chi connectivity index (χ1v) is 10.6. The summed E-state index contributed by atoms with van der Waals surface area (Å²) in [7, 11) is 1.66. The van der Waals surface area contributed by atoms with E-state index < -0.39 is 0 Å². The van der Waals surface area contributed by atoms with Gasteiger partial charge in [0.05, 0.1) is 36.2 Å². The van der Waals surface area contributed by atoms with Crippen molar-refractivity contribution in [3.05, 3.63) is 96.8 Å². The van der Waals surface area contributed by atoms with E-state index in [9.17, 15) is 0 Å². The predicted octanol–water partition coefficient (Wildman–Crippen LogP) is 4.44. The number of benzene rings is 2. The van der Waals surface area contributed by atoms with E-state index in [0.717, 1.165) is 39.6 Å². The molecule has 164 valence electrons. The third kappa shape index (κ3) is 4.45. The van der Waals surface area contributed by atoms with Crippen LogP contribution in [0.3, 0.4) is 0 Å². The summed E-state index contributed by atoms with van der Waals surface area (Å²) in [5, 5.41) is 16.4. The number of hydrogen-bond donors (Lipinski definition) is 1. The van der Waals surface area contributed by atoms with Gasteiger partial charge in [-0.1, -0.05) is 18.2 Å². The van der Waals surface area contributed by atoms with Crippen molar-refractivity contribution in [3.63, 3.8) is 0 Å². The van der Waals surface area contributed by atoms with Gasteiger partial charge in [0.15, 0.2) is 0 Å². The average Bonchev–Trinajstić information content (AvgIpc) is 3.55. The molecule has 0 spiro atoms. The molecular weight excluding hydrogens is 414 g/mol. The van der Waals surface area contributed by atoms with Gasteiger partial charge in [0.2, 0.25) is 0 Å². The highest BCUT2D eigenvalue weighted by molar-refractivity contribution is 5.65. The molecule has 0 bridgehead atoms. The highest BCUT2D eigenvalue weighted by Crippen LogP contribution is 2.29. The summed E-state index contributed by atoms with van der Waals surface area (Å²) in [4.78, 5) is 4.29. The Labute approximate surface area is 191 Å². The minimum absolute atomic E-state index is 0.635. The van der Waals surface area contributed by atoms with Crippen LogP contribution in [0.2, 0.25) is 0 Å². The number of aromatic nitrogens is 6. The molecule has 5 rings (SSSR count). The van der Waals surface area contributed by atoms with Crippen LogP contribution in [0, 0.1) is 6.92 Å². The second-order valence-electron chi connectivity index (χ2n) is 7.59. The van der Waals surface area contributed by atoms with Crippen LogP contribution in [0.5, 0.6) is 5.75 Å². The molecule has 0 aliphatic carbocycles. The zero-order chi connectivity index (χ0) is 22.6. The van der Waals surface area contributed by atoms with Crippen molar-refractivity contribution in [3.8, 4) is 28.4 Å². The Morgan fingerprint density at radius 1 is 1.00 bits per heavy atom. The van der Waals surface area contributed by atoms with Gasteiger partial charge >= 0.3 is 0 Å². The molecule has 0 radical (unpaired) electrons. The molecule has 2 aromatic carbocycles. The zero-order valence-corrected chi connectivity index (χ0v) is 18.4. The zero-order valence-electron chi connectivity index (χ0n) is 18.4. The molecule has 0 amide bonds. The lowest BCUT2D eigenvalue weighted by molar-refractivity contribution is 0.413. The van der Waals surface area contributed by atoms with E-state index >= 15 is 0 Å². The molecule has 1 N–H and O–H groups in total. The lowest BCUT2D eigenvalue weighted by Crippen LogP contribution is -2.04. The average molecular weight is 438 g/mol. The standard InChI is InChI=1S/C25H23N7O/c1-18-16-31(17-27-18)23-9-7-20(14-24(23)33-2)22-8-10-25(30-29-22)26-15-19-5-3-6-21(13-19)32-12-4-11-28-32/h3-14,16-17H,15H2,1-2H3,(H,26,30). The van der Waals surface area contributed by atoms with Crippen molar-refractivity contribution in [2.24, 2.45) is 0 Å². The molecule has 0 unspecified atom stereocenters. The summed E-state index contributed by atoms with van der Waals surface area (Å²) < 4.78 is 9.38. The summed E-state index contributed by atoms with van der Waals surface area (Å²) in [6, 6.07) is 20.0. The fraction of sp³-hybridized carbons (Fsp3) is 0.120. The molecule has 5 aromatic rings. The number of nitrogens with zero attached hydrogens (tertiary/aromatic N) is 6. The molecule has 0 aliphatic rings. The third-order valence-electron chi connectivity index (χ3n) is 5.28. The molecule has 3 aromatic heterocycles. The van der Waals surface area contributed by atoms with Gasteiger partial charge in [0.1, 0.15) is 11.6 Å². The Morgan fingerprint density at radius 2 is 1.94 bits per heavy atom. The molecule has 0 fully saturated rings. The highest BCUT2D eigenvalue weighted by Gasteiger charge is 2.10. The maximum atomic E-state index is 5.60. The van der Waals surface area contributed by atoms with Crippen LogP contribution in [0.1, 0.15) is 11.3 Å². The van der Waals surface area contributed by atoms with Gasteiger partial charge < -0.3 is 14.6 Å². The van der Waals surface area contributed by atoms with Gasteiger partial charge in [-0.05, 0) is 55.0 Å². The second-order valence-corrected chi connectivity index (χ2v) is 7.59. The highest BCUT2D eigenvalue weighted by atomic mass is 16.5. The number of anilines is 1. The monoisotopic (exact) mass is 437 g/mol. The van der Waals surface area contributed by atoms with Gasteiger partial charge in [-0.3, -0.25) is 0 Å². The van der Waals surface area contributed by atoms with Gasteiger partial charge in [0.25, 0.3) is 0 Å². The molecule has 8 heteroatoms. The Bertz CT molecular complexity index is 1360. The minimum atomic E-state index is 0.635. The summed E-state index contributed by atoms with van der Waals surface area (Å²) in [6.07, 6.45) is 7.43. The molecule has 33 heavy (non-hydrogen) atoms. The number of ether oxygens (including phenoxy) is 1. The van der Waals surface area contributed by atoms with E-state index in [2.05, 4.69) is 37.7 Å². The lowest BCUT2D eigenvalue weighted by Gasteiger charge is -2.11. The van der Waals surface area contributed by atoms with Crippen molar-refractivity contribution < 1.29 is 4.74 Å². The number of hydrogen-bond acceptors (Lipinski definition) is 6. The normalized spacial score (nSPS) is 10.8. The maximum absolute atomic E-state index is 5.60. The van der Waals surface area contributed by atoms with Gasteiger partial charge in [0, 0.05) is 30.7 Å². The van der Waals surface area contributed by atoms with E-state index in [1.807, 2.05) is 77.1 Å². The Balaban J connectivity index is 1.29. The Hall–Kier alpha value is -4.46. The summed E-state index contributed by atoms with van der Waals surface area (Å²) in [5.74, 6) is 1.45. The smallest absolute Gasteiger partial charge is 0.148 e. The lowest BCUT2D eigenvalue weighted by atomic mass is 10.1. The maximum Gasteiger partial charge on any atom is 0.148 e. The van der Waals surface area contributed by atoms with Gasteiger partial charge in [-0.25, -0.2) is 9.67 Å². The summed E-state index contributed by atoms with van der Waals surface area (Å²) in [5.41, 5.74) is 5.72. The van der Waals surface area contributed by atoms with E-state index in [4.69, 9.17) is 4.74 Å². The van der Waals surface area contributed by atoms with Crippen molar-refractivity contribution in [1.82, 2.24) is 29.5 Å². The second kappa shape index (κ2) is 8.96. The molecule has 0 saturated heterocycles. The fourth-order valence-electron chi connectivity index (χ4n) is 3.61. The molecular formula is C25H23N7O. The van der Waals surface area contributed by atoms with Crippen LogP contribution in [-0.2, 0) is 6.54 Å². The largest absolute Gasteiger partial charge is 0.495 e. The Morgan fingerprint density at radius 3 is 2.67 bits per heavy atom. The first-order chi connectivity index (χ1) is 16.2. The first-order valence-electron chi connectivity index (χ1n) is 10.6. The van der Waals surface area contributed by atoms with Crippen molar-refractivity contribution >= 4 is 5.82 Å². The molecule has 0 saturated carbocycles. The molecule has 0 aliphatic heterocycles. The minimum Gasteiger partial charge on any atom is -0.495 e. The SMILES string of the molecule is COc1cc(-c2ccc(NCc3cccc(-n4cccn4)c3)nn2)ccc1-n1cnc(C)c1. The summed E-state index contributed by atoms with van der Waals surface area (Å²) in [6.45, 7) is 2.59. The van der Waals surface area contributed by atoms with Crippen molar-refractivity contribution in [2.75, 3.05) is 12.4 Å². The Kier molecular flexibility index (Phi) is 5.55. The topological polar surface area (TPSA) is 82.7 Å². The van der Waals surface area contributed by atoms with E-state index in [1.165, 1.54) is 0 Å². The van der Waals surface area contributed by atoms with E-state index in [-0.39, 0.29) is 0 Å². The van der Waals surface area contributed by atoms with Gasteiger partial charge in [-0.15, -0.1) is 10.2 Å². The van der Waals surface area contributed by atoms with E-state index in [0.29, 0.717) is 12.4 Å². The van der Waals surface area contributed by atoms with Crippen LogP contribution in [0.4, 0.5) is 5.82 Å². The number of methoxy groups -OCH3 is 1. The quantitative estimate of drug-likeness (QED) is 0.405. The number of imidazole rings is 1. The van der Waals surface area contributed by atoms with Crippen LogP contribution >= 0.6 is 0 Å². The van der Waals surface area contributed by atoms with E-state index in [1.54, 1.807) is 19.6 Å². The number of aryl methyl sites for hydroxylation is 1. The third-order valence-corrected chi connectivity index (χ3v) is 5.28.